The second-order valence-electron chi connectivity index (χ2n) is 8.33. The number of amides is 2. The van der Waals surface area contributed by atoms with Crippen molar-refractivity contribution in [2.45, 2.75) is 31.9 Å². The second-order valence-corrected chi connectivity index (χ2v) is 8.77. The van der Waals surface area contributed by atoms with E-state index < -0.39 is 6.04 Å². The van der Waals surface area contributed by atoms with Crippen molar-refractivity contribution >= 4 is 23.2 Å². The number of urea groups is 1. The van der Waals surface area contributed by atoms with Gasteiger partial charge in [0.25, 0.3) is 5.89 Å². The molecule has 2 aliphatic heterocycles. The van der Waals surface area contributed by atoms with Gasteiger partial charge in [-0.15, -0.1) is 0 Å². The first-order valence-electron chi connectivity index (χ1n) is 11.2. The minimum absolute atomic E-state index is 0.00205. The molecule has 2 unspecified atom stereocenters. The Labute approximate surface area is 202 Å². The molecule has 0 saturated carbocycles. The van der Waals surface area contributed by atoms with Crippen LogP contribution in [0.15, 0.2) is 58.8 Å². The standard InChI is InChI=1S/C25H25ClN4O4/c1-15-21(24-28-23(29-34-24)16-8-10-19(32-2)11-9-16)22(17-5-3-6-18(26)13-17)27-25(31)30(15)14-20-7-4-12-33-20/h3,5-6,8-11,13,20,22H,4,7,12,14H2,1-2H3,(H,27,31). The highest BCUT2D eigenvalue weighted by atomic mass is 35.5. The van der Waals surface area contributed by atoms with Crippen molar-refractivity contribution in [2.24, 2.45) is 0 Å². The molecular formula is C25H25ClN4O4. The Bertz CT molecular complexity index is 1220. The number of halogens is 1. The molecule has 5 rings (SSSR count). The maximum Gasteiger partial charge on any atom is 0.322 e. The van der Waals surface area contributed by atoms with Crippen molar-refractivity contribution in [3.05, 3.63) is 70.7 Å². The average molecular weight is 481 g/mol. The summed E-state index contributed by atoms with van der Waals surface area (Å²) < 4.78 is 16.7. The molecule has 1 aromatic heterocycles. The molecule has 2 amide bonds. The number of nitrogens with one attached hydrogen (secondary N) is 1. The number of rotatable bonds is 6. The summed E-state index contributed by atoms with van der Waals surface area (Å²) in [5, 5.41) is 7.88. The molecule has 34 heavy (non-hydrogen) atoms. The summed E-state index contributed by atoms with van der Waals surface area (Å²) in [6.07, 6.45) is 1.92. The van der Waals surface area contributed by atoms with Gasteiger partial charge in [-0.1, -0.05) is 28.9 Å². The van der Waals surface area contributed by atoms with Crippen molar-refractivity contribution in [3.63, 3.8) is 0 Å². The van der Waals surface area contributed by atoms with Gasteiger partial charge in [-0.2, -0.15) is 4.98 Å². The molecule has 8 nitrogen and oxygen atoms in total. The van der Waals surface area contributed by atoms with Crippen molar-refractivity contribution in [3.8, 4) is 17.1 Å². The normalized spacial score (nSPS) is 20.6. The fraction of sp³-hybridized carbons (Fsp3) is 0.320. The maximum absolute atomic E-state index is 13.1. The highest BCUT2D eigenvalue weighted by Crippen LogP contribution is 2.38. The van der Waals surface area contributed by atoms with Crippen molar-refractivity contribution in [1.82, 2.24) is 20.4 Å². The van der Waals surface area contributed by atoms with Gasteiger partial charge in [0.15, 0.2) is 0 Å². The molecule has 0 radical (unpaired) electrons. The van der Waals surface area contributed by atoms with Crippen LogP contribution in [0, 0.1) is 0 Å². The summed E-state index contributed by atoms with van der Waals surface area (Å²) in [7, 11) is 1.62. The molecule has 2 aliphatic rings. The first-order valence-corrected chi connectivity index (χ1v) is 11.6. The van der Waals surface area contributed by atoms with E-state index in [2.05, 4.69) is 15.5 Å². The second kappa shape index (κ2) is 9.48. The smallest absolute Gasteiger partial charge is 0.322 e. The quantitative estimate of drug-likeness (QED) is 0.529. The first kappa shape index (κ1) is 22.4. The lowest BCUT2D eigenvalue weighted by molar-refractivity contribution is 0.0877. The number of allylic oxidation sites excluding steroid dienone is 1. The van der Waals surface area contributed by atoms with E-state index in [4.69, 9.17) is 25.6 Å². The Morgan fingerprint density at radius 1 is 1.24 bits per heavy atom. The minimum atomic E-state index is -0.490. The maximum atomic E-state index is 13.1. The van der Waals surface area contributed by atoms with E-state index in [0.29, 0.717) is 23.3 Å². The topological polar surface area (TPSA) is 89.7 Å². The summed E-state index contributed by atoms with van der Waals surface area (Å²) in [4.78, 5) is 19.5. The molecule has 0 bridgehead atoms. The largest absolute Gasteiger partial charge is 0.497 e. The molecule has 1 saturated heterocycles. The number of carbonyl (C=O) groups is 1. The monoisotopic (exact) mass is 480 g/mol. The van der Waals surface area contributed by atoms with Crippen LogP contribution in [0.2, 0.25) is 5.02 Å². The van der Waals surface area contributed by atoms with E-state index in [-0.39, 0.29) is 12.1 Å². The highest BCUT2D eigenvalue weighted by Gasteiger charge is 2.37. The lowest BCUT2D eigenvalue weighted by atomic mass is 9.94. The molecule has 3 heterocycles. The van der Waals surface area contributed by atoms with Crippen LogP contribution in [-0.2, 0) is 4.74 Å². The van der Waals surface area contributed by atoms with Crippen molar-refractivity contribution in [1.29, 1.82) is 0 Å². The van der Waals surface area contributed by atoms with Crippen LogP contribution >= 0.6 is 11.6 Å². The average Bonchev–Trinajstić information content (AvgIpc) is 3.54. The van der Waals surface area contributed by atoms with Gasteiger partial charge < -0.3 is 19.3 Å². The molecule has 0 spiro atoms. The molecule has 2 atom stereocenters. The molecule has 3 aromatic rings. The summed E-state index contributed by atoms with van der Waals surface area (Å²) in [6, 6.07) is 14.1. The van der Waals surface area contributed by atoms with Gasteiger partial charge in [-0.05, 0) is 61.7 Å². The number of carbonyl (C=O) groups excluding carboxylic acids is 1. The third-order valence-electron chi connectivity index (χ3n) is 6.19. The van der Waals surface area contributed by atoms with Gasteiger partial charge in [-0.3, -0.25) is 4.90 Å². The van der Waals surface area contributed by atoms with E-state index >= 15 is 0 Å². The molecule has 1 N–H and O–H groups in total. The number of ether oxygens (including phenoxy) is 2. The fourth-order valence-corrected chi connectivity index (χ4v) is 4.60. The number of benzene rings is 2. The Morgan fingerprint density at radius 3 is 2.76 bits per heavy atom. The predicted molar refractivity (Wildman–Crippen MR) is 127 cm³/mol. The van der Waals surface area contributed by atoms with Crippen LogP contribution in [0.3, 0.4) is 0 Å². The van der Waals surface area contributed by atoms with Gasteiger partial charge in [0.05, 0.1) is 31.4 Å². The third kappa shape index (κ3) is 4.38. The van der Waals surface area contributed by atoms with Crippen molar-refractivity contribution in [2.75, 3.05) is 20.3 Å². The van der Waals surface area contributed by atoms with Crippen LogP contribution in [0.25, 0.3) is 17.0 Å². The highest BCUT2D eigenvalue weighted by molar-refractivity contribution is 6.30. The van der Waals surface area contributed by atoms with E-state index in [0.717, 1.165) is 47.6 Å². The van der Waals surface area contributed by atoms with Gasteiger partial charge in [-0.25, -0.2) is 4.79 Å². The van der Waals surface area contributed by atoms with E-state index in [1.807, 2.05) is 49.4 Å². The summed E-state index contributed by atoms with van der Waals surface area (Å²) in [6.45, 7) is 3.08. The van der Waals surface area contributed by atoms with E-state index in [1.54, 1.807) is 18.1 Å². The lowest BCUT2D eigenvalue weighted by Gasteiger charge is -2.36. The van der Waals surface area contributed by atoms with Crippen LogP contribution < -0.4 is 10.1 Å². The zero-order valence-electron chi connectivity index (χ0n) is 19.0. The number of nitrogens with zero attached hydrogens (tertiary/aromatic N) is 3. The Kier molecular flexibility index (Phi) is 6.26. The third-order valence-corrected chi connectivity index (χ3v) is 6.43. The first-order chi connectivity index (χ1) is 16.5. The Morgan fingerprint density at radius 2 is 2.06 bits per heavy atom. The molecule has 9 heteroatoms. The Balaban J connectivity index is 1.55. The minimum Gasteiger partial charge on any atom is -0.497 e. The molecular weight excluding hydrogens is 456 g/mol. The summed E-state index contributed by atoms with van der Waals surface area (Å²) in [5.74, 6) is 1.53. The fourth-order valence-electron chi connectivity index (χ4n) is 4.40. The molecule has 2 aromatic carbocycles. The van der Waals surface area contributed by atoms with Crippen LogP contribution in [-0.4, -0.2) is 47.4 Å². The van der Waals surface area contributed by atoms with Gasteiger partial charge in [0.2, 0.25) is 5.82 Å². The zero-order chi connectivity index (χ0) is 23.7. The number of aromatic nitrogens is 2. The Hall–Kier alpha value is -3.36. The molecule has 176 valence electrons. The van der Waals surface area contributed by atoms with Gasteiger partial charge >= 0.3 is 6.03 Å². The van der Waals surface area contributed by atoms with Gasteiger partial charge in [0, 0.05) is 22.9 Å². The summed E-state index contributed by atoms with van der Waals surface area (Å²) in [5.41, 5.74) is 3.10. The van der Waals surface area contributed by atoms with Crippen molar-refractivity contribution < 1.29 is 18.8 Å². The van der Waals surface area contributed by atoms with Gasteiger partial charge in [0.1, 0.15) is 5.75 Å². The SMILES string of the molecule is COc1ccc(-c2noc(C3=C(C)N(CC4CCCO4)C(=O)NC3c3cccc(Cl)c3)n2)cc1. The number of hydrogen-bond acceptors (Lipinski definition) is 6. The molecule has 1 fully saturated rings. The number of methoxy groups -OCH3 is 1. The number of hydrogen-bond donors (Lipinski definition) is 1. The predicted octanol–water partition coefficient (Wildman–Crippen LogP) is 5.08. The molecule has 0 aliphatic carbocycles. The van der Waals surface area contributed by atoms with Crippen LogP contribution in [0.5, 0.6) is 5.75 Å². The lowest BCUT2D eigenvalue weighted by Crippen LogP contribution is -2.48. The zero-order valence-corrected chi connectivity index (χ0v) is 19.7. The van der Waals surface area contributed by atoms with Crippen LogP contribution in [0.1, 0.15) is 37.3 Å². The van der Waals surface area contributed by atoms with E-state index in [1.165, 1.54) is 0 Å². The van der Waals surface area contributed by atoms with Crippen LogP contribution in [0.4, 0.5) is 4.79 Å². The summed E-state index contributed by atoms with van der Waals surface area (Å²) >= 11 is 6.26. The van der Waals surface area contributed by atoms with E-state index in [9.17, 15) is 4.79 Å².